The van der Waals surface area contributed by atoms with Crippen LogP contribution in [-0.2, 0) is 0 Å². The van der Waals surface area contributed by atoms with E-state index in [1.807, 2.05) is 30.3 Å². The van der Waals surface area contributed by atoms with Gasteiger partial charge in [0, 0.05) is 28.0 Å². The molecular weight excluding hydrogens is 425 g/mol. The van der Waals surface area contributed by atoms with Crippen LogP contribution in [0.3, 0.4) is 0 Å². The molecule has 0 aliphatic heterocycles. The number of nitriles is 1. The van der Waals surface area contributed by atoms with Gasteiger partial charge in [-0.15, -0.1) is 0 Å². The summed E-state index contributed by atoms with van der Waals surface area (Å²) in [5.41, 5.74) is 2.07. The van der Waals surface area contributed by atoms with Gasteiger partial charge in [-0.05, 0) is 36.4 Å². The van der Waals surface area contributed by atoms with E-state index in [1.165, 1.54) is 12.3 Å². The molecule has 2 aromatic carbocycles. The molecule has 136 valence electrons. The molecule has 0 saturated heterocycles. The molecule has 0 spiro atoms. The number of halogens is 2. The number of rotatable bonds is 3. The van der Waals surface area contributed by atoms with Gasteiger partial charge in [-0.25, -0.2) is 9.37 Å². The average molecular weight is 436 g/mol. The Kier molecular flexibility index (Phi) is 4.41. The summed E-state index contributed by atoms with van der Waals surface area (Å²) in [6.45, 7) is 0. The van der Waals surface area contributed by atoms with E-state index in [-0.39, 0.29) is 22.4 Å². The van der Waals surface area contributed by atoms with Crippen LogP contribution in [0.4, 0.5) is 4.39 Å². The maximum atomic E-state index is 13.5. The van der Waals surface area contributed by atoms with Crippen molar-refractivity contribution in [3.05, 3.63) is 87.9 Å². The highest BCUT2D eigenvalue weighted by Crippen LogP contribution is 2.26. The molecule has 0 atom stereocenters. The molecule has 0 fully saturated rings. The minimum absolute atomic E-state index is 0.143. The van der Waals surface area contributed by atoms with E-state index in [0.717, 1.165) is 28.2 Å². The first-order chi connectivity index (χ1) is 13.5. The van der Waals surface area contributed by atoms with Gasteiger partial charge in [-0.1, -0.05) is 28.1 Å². The third-order valence-corrected chi connectivity index (χ3v) is 4.81. The Hall–Kier alpha value is -3.50. The number of nitrogens with zero attached hydrogens (tertiary/aromatic N) is 3. The SMILES string of the molecule is N#Cc1cc(C(=O)c2cc(F)ccc2O)cn2cc(-c3ccc(Br)cc3)nc12. The molecule has 2 aromatic heterocycles. The summed E-state index contributed by atoms with van der Waals surface area (Å²) in [6, 6.07) is 14.1. The molecule has 7 heteroatoms. The number of carbonyl (C=O) groups excluding carboxylic acids is 1. The van der Waals surface area contributed by atoms with Crippen molar-refractivity contribution >= 4 is 27.4 Å². The van der Waals surface area contributed by atoms with Crippen LogP contribution in [0.25, 0.3) is 16.9 Å². The Balaban J connectivity index is 1.85. The van der Waals surface area contributed by atoms with Crippen LogP contribution in [0.2, 0.25) is 0 Å². The molecule has 4 rings (SSSR count). The lowest BCUT2D eigenvalue weighted by Gasteiger charge is -2.06. The number of ketones is 1. The molecule has 0 amide bonds. The van der Waals surface area contributed by atoms with Gasteiger partial charge in [0.1, 0.15) is 17.6 Å². The maximum Gasteiger partial charge on any atom is 0.198 e. The van der Waals surface area contributed by atoms with E-state index < -0.39 is 11.6 Å². The molecular formula is C21H11BrFN3O2. The monoisotopic (exact) mass is 435 g/mol. The van der Waals surface area contributed by atoms with Crippen LogP contribution < -0.4 is 0 Å². The van der Waals surface area contributed by atoms with Crippen LogP contribution >= 0.6 is 15.9 Å². The zero-order valence-electron chi connectivity index (χ0n) is 14.2. The average Bonchev–Trinajstić information content (AvgIpc) is 3.13. The molecule has 1 N–H and O–H groups in total. The molecule has 0 aliphatic rings. The number of aromatic hydroxyl groups is 1. The van der Waals surface area contributed by atoms with Crippen molar-refractivity contribution in [2.45, 2.75) is 0 Å². The topological polar surface area (TPSA) is 78.4 Å². The molecule has 4 aromatic rings. The number of carbonyl (C=O) groups is 1. The van der Waals surface area contributed by atoms with Crippen LogP contribution in [0.1, 0.15) is 21.5 Å². The second-order valence-electron chi connectivity index (χ2n) is 6.11. The second-order valence-corrected chi connectivity index (χ2v) is 7.02. The quantitative estimate of drug-likeness (QED) is 0.472. The summed E-state index contributed by atoms with van der Waals surface area (Å²) in [7, 11) is 0. The number of phenolic OH excluding ortho intramolecular Hbond substituents is 1. The largest absolute Gasteiger partial charge is 0.507 e. The highest BCUT2D eigenvalue weighted by atomic mass is 79.9. The van der Waals surface area contributed by atoms with Crippen molar-refractivity contribution in [1.29, 1.82) is 5.26 Å². The van der Waals surface area contributed by atoms with Crippen molar-refractivity contribution < 1.29 is 14.3 Å². The molecule has 0 bridgehead atoms. The minimum Gasteiger partial charge on any atom is -0.507 e. The lowest BCUT2D eigenvalue weighted by Crippen LogP contribution is -2.05. The van der Waals surface area contributed by atoms with Crippen molar-refractivity contribution in [3.63, 3.8) is 0 Å². The van der Waals surface area contributed by atoms with Crippen LogP contribution in [0.5, 0.6) is 5.75 Å². The van der Waals surface area contributed by atoms with Gasteiger partial charge in [0.05, 0.1) is 16.8 Å². The smallest absolute Gasteiger partial charge is 0.198 e. The number of phenols is 1. The summed E-state index contributed by atoms with van der Waals surface area (Å²) in [5, 5.41) is 19.4. The Morgan fingerprint density at radius 1 is 1.14 bits per heavy atom. The maximum absolute atomic E-state index is 13.5. The van der Waals surface area contributed by atoms with Crippen LogP contribution in [-0.4, -0.2) is 20.3 Å². The number of aromatic nitrogens is 2. The normalized spacial score (nSPS) is 10.8. The molecule has 28 heavy (non-hydrogen) atoms. The van der Waals surface area contributed by atoms with Crippen molar-refractivity contribution in [2.24, 2.45) is 0 Å². The van der Waals surface area contributed by atoms with E-state index >= 15 is 0 Å². The lowest BCUT2D eigenvalue weighted by atomic mass is 10.0. The summed E-state index contributed by atoms with van der Waals surface area (Å²) >= 11 is 3.38. The van der Waals surface area contributed by atoms with Crippen molar-refractivity contribution in [1.82, 2.24) is 9.38 Å². The fourth-order valence-electron chi connectivity index (χ4n) is 2.91. The molecule has 0 unspecified atom stereocenters. The van der Waals surface area contributed by atoms with Gasteiger partial charge in [-0.2, -0.15) is 5.26 Å². The van der Waals surface area contributed by atoms with Gasteiger partial charge in [0.15, 0.2) is 11.4 Å². The van der Waals surface area contributed by atoms with E-state index in [4.69, 9.17) is 0 Å². The Morgan fingerprint density at radius 3 is 2.61 bits per heavy atom. The molecule has 5 nitrogen and oxygen atoms in total. The van der Waals surface area contributed by atoms with Crippen molar-refractivity contribution in [3.8, 4) is 23.1 Å². The van der Waals surface area contributed by atoms with E-state index in [9.17, 15) is 19.6 Å². The van der Waals surface area contributed by atoms with Gasteiger partial charge < -0.3 is 9.51 Å². The number of hydrogen-bond acceptors (Lipinski definition) is 4. The zero-order chi connectivity index (χ0) is 19.8. The highest BCUT2D eigenvalue weighted by Gasteiger charge is 2.18. The zero-order valence-corrected chi connectivity index (χ0v) is 15.8. The number of hydrogen-bond donors (Lipinski definition) is 1. The number of benzene rings is 2. The molecule has 0 saturated carbocycles. The minimum atomic E-state index is -0.636. The van der Waals surface area contributed by atoms with Gasteiger partial charge in [0.25, 0.3) is 0 Å². The molecule has 0 aliphatic carbocycles. The van der Waals surface area contributed by atoms with E-state index in [1.54, 1.807) is 10.6 Å². The predicted octanol–water partition coefficient (Wildman–Crippen LogP) is 4.71. The summed E-state index contributed by atoms with van der Waals surface area (Å²) in [5.74, 6) is -1.55. The third kappa shape index (κ3) is 3.15. The highest BCUT2D eigenvalue weighted by molar-refractivity contribution is 9.10. The predicted molar refractivity (Wildman–Crippen MR) is 105 cm³/mol. The summed E-state index contributed by atoms with van der Waals surface area (Å²) in [4.78, 5) is 17.3. The second kappa shape index (κ2) is 6.91. The Morgan fingerprint density at radius 2 is 1.89 bits per heavy atom. The van der Waals surface area contributed by atoms with Gasteiger partial charge in [0.2, 0.25) is 0 Å². The Bertz CT molecular complexity index is 1270. The van der Waals surface area contributed by atoms with Gasteiger partial charge >= 0.3 is 0 Å². The first-order valence-corrected chi connectivity index (χ1v) is 8.97. The van der Waals surface area contributed by atoms with Crippen molar-refractivity contribution in [2.75, 3.05) is 0 Å². The van der Waals surface area contributed by atoms with E-state index in [0.29, 0.717) is 11.3 Å². The number of fused-ring (bicyclic) bond motifs is 1. The molecule has 2 heterocycles. The third-order valence-electron chi connectivity index (χ3n) is 4.28. The fraction of sp³-hybridized carbons (Fsp3) is 0. The molecule has 0 radical (unpaired) electrons. The van der Waals surface area contributed by atoms with Crippen LogP contribution in [0.15, 0.2) is 65.4 Å². The summed E-state index contributed by atoms with van der Waals surface area (Å²) in [6.07, 6.45) is 3.22. The standard InChI is InChI=1S/C21H11BrFN3O2/c22-15-3-1-12(2-4-15)18-11-26-10-14(7-13(9-24)21(26)25-18)20(28)17-8-16(23)5-6-19(17)27/h1-8,10-11,27H. The number of pyridine rings is 1. The first kappa shape index (κ1) is 17.9. The fourth-order valence-corrected chi connectivity index (χ4v) is 3.17. The van der Waals surface area contributed by atoms with Crippen LogP contribution in [0, 0.1) is 17.1 Å². The first-order valence-electron chi connectivity index (χ1n) is 8.18. The lowest BCUT2D eigenvalue weighted by molar-refractivity contribution is 0.103. The number of imidazole rings is 1. The van der Waals surface area contributed by atoms with E-state index in [2.05, 4.69) is 20.9 Å². The Labute approximate surface area is 167 Å². The summed E-state index contributed by atoms with van der Waals surface area (Å²) < 4.78 is 16.0. The van der Waals surface area contributed by atoms with Gasteiger partial charge in [-0.3, -0.25) is 4.79 Å².